The second-order valence-electron chi connectivity index (χ2n) is 5.32. The third-order valence-electron chi connectivity index (χ3n) is 3.17. The zero-order valence-corrected chi connectivity index (χ0v) is 12.5. The molecular formula is C14H21N3O3. The molecule has 0 fully saturated rings. The minimum atomic E-state index is -0.735. The quantitative estimate of drug-likeness (QED) is 0.640. The second-order valence-corrected chi connectivity index (χ2v) is 5.32. The van der Waals surface area contributed by atoms with Gasteiger partial charge in [0.15, 0.2) is 0 Å². The summed E-state index contributed by atoms with van der Waals surface area (Å²) in [5.74, 6) is -0.222. The van der Waals surface area contributed by atoms with E-state index in [1.54, 1.807) is 26.8 Å². The molecule has 1 amide bonds. The molecule has 0 aromatic heterocycles. The first-order valence-corrected chi connectivity index (χ1v) is 6.51. The lowest BCUT2D eigenvalue weighted by Crippen LogP contribution is -2.49. The Bertz CT molecular complexity index is 539. The molecular weight excluding hydrogens is 258 g/mol. The van der Waals surface area contributed by atoms with Crippen LogP contribution in [0.2, 0.25) is 0 Å². The number of likely N-dealkylation sites (N-methyl/N-ethyl adjacent to an activating group) is 1. The molecule has 0 heterocycles. The molecule has 0 aliphatic carbocycles. The van der Waals surface area contributed by atoms with Gasteiger partial charge in [-0.3, -0.25) is 14.9 Å². The summed E-state index contributed by atoms with van der Waals surface area (Å²) in [6.07, 6.45) is 0. The Balaban J connectivity index is 3.07. The highest BCUT2D eigenvalue weighted by molar-refractivity contribution is 5.98. The van der Waals surface area contributed by atoms with Crippen LogP contribution in [0.3, 0.4) is 0 Å². The molecule has 6 heteroatoms. The zero-order valence-electron chi connectivity index (χ0n) is 12.5. The number of carbonyl (C=O) groups is 1. The normalized spacial score (nSPS) is 11.2. The molecule has 0 saturated carbocycles. The molecule has 0 bridgehead atoms. The number of anilines is 1. The number of nitrogens with one attached hydrogen (secondary N) is 2. The molecule has 0 unspecified atom stereocenters. The van der Waals surface area contributed by atoms with Crippen molar-refractivity contribution in [3.05, 3.63) is 33.4 Å². The van der Waals surface area contributed by atoms with Crippen molar-refractivity contribution in [1.29, 1.82) is 0 Å². The Morgan fingerprint density at radius 3 is 2.40 bits per heavy atom. The molecule has 0 aliphatic heterocycles. The number of rotatable bonds is 5. The van der Waals surface area contributed by atoms with Gasteiger partial charge in [0.25, 0.3) is 5.69 Å². The minimum absolute atomic E-state index is 0.00663. The van der Waals surface area contributed by atoms with Gasteiger partial charge in [-0.05, 0) is 45.9 Å². The number of amides is 1. The molecule has 6 nitrogen and oxygen atoms in total. The van der Waals surface area contributed by atoms with Gasteiger partial charge in [0.1, 0.15) is 0 Å². The van der Waals surface area contributed by atoms with E-state index in [1.807, 2.05) is 13.8 Å². The number of nitro benzene ring substituents is 1. The van der Waals surface area contributed by atoms with E-state index >= 15 is 0 Å². The van der Waals surface area contributed by atoms with Crippen LogP contribution in [0.1, 0.15) is 31.9 Å². The van der Waals surface area contributed by atoms with E-state index in [-0.39, 0.29) is 11.6 Å². The number of nitrogens with zero attached hydrogens (tertiary/aromatic N) is 1. The van der Waals surface area contributed by atoms with E-state index in [1.165, 1.54) is 6.07 Å². The maximum absolute atomic E-state index is 12.2. The minimum Gasteiger partial charge on any atom is -0.324 e. The number of carbonyl (C=O) groups excluding carboxylic acids is 1. The summed E-state index contributed by atoms with van der Waals surface area (Å²) in [4.78, 5) is 22.7. The number of hydrogen-bond acceptors (Lipinski definition) is 4. The van der Waals surface area contributed by atoms with Gasteiger partial charge >= 0.3 is 0 Å². The fourth-order valence-electron chi connectivity index (χ4n) is 1.97. The maximum Gasteiger partial charge on any atom is 0.274 e. The SMILES string of the molecule is CCNC(C)(C)C(=O)Nc1cc([N+](=O)[O-])c(C)cc1C. The molecule has 1 rings (SSSR count). The second kappa shape index (κ2) is 6.00. The highest BCUT2D eigenvalue weighted by Gasteiger charge is 2.27. The van der Waals surface area contributed by atoms with Crippen LogP contribution in [0.15, 0.2) is 12.1 Å². The van der Waals surface area contributed by atoms with Crippen molar-refractivity contribution < 1.29 is 9.72 Å². The van der Waals surface area contributed by atoms with Gasteiger partial charge in [-0.25, -0.2) is 0 Å². The van der Waals surface area contributed by atoms with Crippen molar-refractivity contribution in [2.24, 2.45) is 0 Å². The molecule has 0 aliphatic rings. The van der Waals surface area contributed by atoms with Crippen LogP contribution in [-0.4, -0.2) is 22.9 Å². The maximum atomic E-state index is 12.2. The molecule has 1 aromatic rings. The summed E-state index contributed by atoms with van der Waals surface area (Å²) >= 11 is 0. The first-order chi connectivity index (χ1) is 9.19. The fourth-order valence-corrected chi connectivity index (χ4v) is 1.97. The Labute approximate surface area is 118 Å². The van der Waals surface area contributed by atoms with Crippen molar-refractivity contribution in [2.45, 2.75) is 40.2 Å². The monoisotopic (exact) mass is 279 g/mol. The van der Waals surface area contributed by atoms with Crippen molar-refractivity contribution >= 4 is 17.3 Å². The van der Waals surface area contributed by atoms with E-state index in [4.69, 9.17) is 0 Å². The van der Waals surface area contributed by atoms with E-state index in [0.29, 0.717) is 17.8 Å². The third kappa shape index (κ3) is 3.54. The highest BCUT2D eigenvalue weighted by atomic mass is 16.6. The van der Waals surface area contributed by atoms with Gasteiger partial charge in [0, 0.05) is 11.6 Å². The van der Waals surface area contributed by atoms with Crippen LogP contribution >= 0.6 is 0 Å². The number of aryl methyl sites for hydroxylation is 2. The van der Waals surface area contributed by atoms with Crippen LogP contribution in [0.5, 0.6) is 0 Å². The lowest BCUT2D eigenvalue weighted by Gasteiger charge is -2.25. The van der Waals surface area contributed by atoms with Crippen molar-refractivity contribution in [1.82, 2.24) is 5.32 Å². The Hall–Kier alpha value is -1.95. The largest absolute Gasteiger partial charge is 0.324 e. The first-order valence-electron chi connectivity index (χ1n) is 6.51. The van der Waals surface area contributed by atoms with Gasteiger partial charge in [0.05, 0.1) is 16.1 Å². The van der Waals surface area contributed by atoms with Gasteiger partial charge in [-0.1, -0.05) is 6.92 Å². The average Bonchev–Trinajstić information content (AvgIpc) is 2.31. The summed E-state index contributed by atoms with van der Waals surface area (Å²) in [6, 6.07) is 3.11. The van der Waals surface area contributed by atoms with E-state index in [2.05, 4.69) is 10.6 Å². The van der Waals surface area contributed by atoms with E-state index in [0.717, 1.165) is 5.56 Å². The molecule has 110 valence electrons. The summed E-state index contributed by atoms with van der Waals surface area (Å²) in [5.41, 5.74) is 1.12. The summed E-state index contributed by atoms with van der Waals surface area (Å²) < 4.78 is 0. The number of hydrogen-bond donors (Lipinski definition) is 2. The van der Waals surface area contributed by atoms with Crippen molar-refractivity contribution in [3.63, 3.8) is 0 Å². The van der Waals surface area contributed by atoms with Crippen LogP contribution in [0, 0.1) is 24.0 Å². The first kappa shape index (κ1) is 16.1. The van der Waals surface area contributed by atoms with Gasteiger partial charge in [0.2, 0.25) is 5.91 Å². The zero-order chi connectivity index (χ0) is 15.5. The summed E-state index contributed by atoms with van der Waals surface area (Å²) in [5, 5.41) is 16.8. The summed E-state index contributed by atoms with van der Waals surface area (Å²) in [7, 11) is 0. The van der Waals surface area contributed by atoms with Crippen molar-refractivity contribution in [2.75, 3.05) is 11.9 Å². The van der Waals surface area contributed by atoms with Crippen molar-refractivity contribution in [3.8, 4) is 0 Å². The Kier molecular flexibility index (Phi) is 4.83. The van der Waals surface area contributed by atoms with Gasteiger partial charge < -0.3 is 10.6 Å². The predicted molar refractivity (Wildman–Crippen MR) is 79.0 cm³/mol. The molecule has 0 saturated heterocycles. The third-order valence-corrected chi connectivity index (χ3v) is 3.17. The lowest BCUT2D eigenvalue weighted by atomic mass is 10.0. The lowest BCUT2D eigenvalue weighted by molar-refractivity contribution is -0.385. The molecule has 20 heavy (non-hydrogen) atoms. The van der Waals surface area contributed by atoms with Gasteiger partial charge in [-0.2, -0.15) is 0 Å². The molecule has 0 radical (unpaired) electrons. The van der Waals surface area contributed by atoms with Crippen LogP contribution in [-0.2, 0) is 4.79 Å². The molecule has 0 spiro atoms. The standard InChI is InChI=1S/C14H21N3O3/c1-6-15-14(4,5)13(18)16-11-8-12(17(19)20)10(3)7-9(11)2/h7-8,15H,6H2,1-5H3,(H,16,18). The summed E-state index contributed by atoms with van der Waals surface area (Å²) in [6.45, 7) is 9.60. The Morgan fingerprint density at radius 1 is 1.30 bits per heavy atom. The smallest absolute Gasteiger partial charge is 0.274 e. The molecule has 1 aromatic carbocycles. The van der Waals surface area contributed by atoms with E-state index < -0.39 is 10.5 Å². The topological polar surface area (TPSA) is 84.3 Å². The predicted octanol–water partition coefficient (Wildman–Crippen LogP) is 2.54. The van der Waals surface area contributed by atoms with Crippen LogP contribution < -0.4 is 10.6 Å². The fraction of sp³-hybridized carbons (Fsp3) is 0.500. The number of benzene rings is 1. The van der Waals surface area contributed by atoms with Crippen LogP contribution in [0.25, 0.3) is 0 Å². The van der Waals surface area contributed by atoms with Crippen LogP contribution in [0.4, 0.5) is 11.4 Å². The Morgan fingerprint density at radius 2 is 1.90 bits per heavy atom. The molecule has 0 atom stereocenters. The number of nitro groups is 1. The van der Waals surface area contributed by atoms with E-state index in [9.17, 15) is 14.9 Å². The highest BCUT2D eigenvalue weighted by Crippen LogP contribution is 2.26. The van der Waals surface area contributed by atoms with Gasteiger partial charge in [-0.15, -0.1) is 0 Å². The molecule has 2 N–H and O–H groups in total. The average molecular weight is 279 g/mol.